The van der Waals surface area contributed by atoms with E-state index in [2.05, 4.69) is 5.32 Å². The first-order valence-electron chi connectivity index (χ1n) is 5.20. The van der Waals surface area contributed by atoms with Crippen LogP contribution in [-0.4, -0.2) is 50.1 Å². The Morgan fingerprint density at radius 1 is 1.47 bits per heavy atom. The van der Waals surface area contributed by atoms with Gasteiger partial charge in [0.2, 0.25) is 11.8 Å². The Morgan fingerprint density at radius 2 is 2.20 bits per heavy atom. The number of ether oxygens (including phenoxy) is 1. The van der Waals surface area contributed by atoms with E-state index < -0.39 is 0 Å². The molecule has 1 aliphatic rings. The highest BCUT2D eigenvalue weighted by atomic mass is 16.5. The molecule has 0 saturated carbocycles. The molecule has 0 spiro atoms. The minimum absolute atomic E-state index is 0.0163. The van der Waals surface area contributed by atoms with Crippen LogP contribution in [0.2, 0.25) is 0 Å². The van der Waals surface area contributed by atoms with E-state index in [4.69, 9.17) is 4.74 Å². The van der Waals surface area contributed by atoms with Crippen LogP contribution in [0.15, 0.2) is 0 Å². The maximum Gasteiger partial charge on any atom is 0.249 e. The van der Waals surface area contributed by atoms with Crippen molar-refractivity contribution < 1.29 is 14.3 Å². The second-order valence-electron chi connectivity index (χ2n) is 3.83. The van der Waals surface area contributed by atoms with E-state index in [0.717, 1.165) is 12.8 Å². The monoisotopic (exact) mass is 214 g/mol. The number of carbonyl (C=O) groups is 2. The van der Waals surface area contributed by atoms with E-state index in [9.17, 15) is 9.59 Å². The van der Waals surface area contributed by atoms with Crippen LogP contribution in [-0.2, 0) is 14.3 Å². The molecular formula is C10H18N2O3. The van der Waals surface area contributed by atoms with Crippen LogP contribution in [0.25, 0.3) is 0 Å². The maximum atomic E-state index is 11.4. The highest BCUT2D eigenvalue weighted by molar-refractivity contribution is 5.82. The molecule has 0 aromatic carbocycles. The lowest BCUT2D eigenvalue weighted by molar-refractivity contribution is -0.131. The lowest BCUT2D eigenvalue weighted by Gasteiger charge is -2.12. The molecule has 0 aromatic heterocycles. The summed E-state index contributed by atoms with van der Waals surface area (Å²) in [7, 11) is 3.40. The van der Waals surface area contributed by atoms with Crippen molar-refractivity contribution in [1.82, 2.24) is 10.2 Å². The number of nitrogens with one attached hydrogen (secondary N) is 1. The molecule has 1 heterocycles. The molecule has 86 valence electrons. The van der Waals surface area contributed by atoms with Gasteiger partial charge in [-0.15, -0.1) is 0 Å². The Kier molecular flexibility index (Phi) is 4.55. The molecule has 0 bridgehead atoms. The van der Waals surface area contributed by atoms with Crippen molar-refractivity contribution in [3.63, 3.8) is 0 Å². The van der Waals surface area contributed by atoms with Crippen molar-refractivity contribution in [3.8, 4) is 0 Å². The zero-order chi connectivity index (χ0) is 11.3. The Morgan fingerprint density at radius 3 is 2.73 bits per heavy atom. The van der Waals surface area contributed by atoms with Crippen molar-refractivity contribution in [1.29, 1.82) is 0 Å². The molecule has 5 heteroatoms. The number of amides is 2. The van der Waals surface area contributed by atoms with Crippen molar-refractivity contribution in [2.75, 3.05) is 27.2 Å². The van der Waals surface area contributed by atoms with Crippen LogP contribution in [0.1, 0.15) is 19.3 Å². The molecule has 15 heavy (non-hydrogen) atoms. The van der Waals surface area contributed by atoms with Gasteiger partial charge >= 0.3 is 0 Å². The van der Waals surface area contributed by atoms with Gasteiger partial charge in [-0.05, 0) is 12.8 Å². The first-order valence-corrected chi connectivity index (χ1v) is 5.20. The van der Waals surface area contributed by atoms with Crippen LogP contribution in [0.3, 0.4) is 0 Å². The summed E-state index contributed by atoms with van der Waals surface area (Å²) in [6.07, 6.45) is 1.76. The molecule has 5 nitrogen and oxygen atoms in total. The summed E-state index contributed by atoms with van der Waals surface area (Å²) in [5.41, 5.74) is 0. The molecule has 0 unspecified atom stereocenters. The first-order chi connectivity index (χ1) is 7.11. The minimum atomic E-state index is -0.306. The lowest BCUT2D eigenvalue weighted by Crippen LogP contribution is -2.36. The molecular weight excluding hydrogens is 196 g/mol. The standard InChI is InChI=1S/C10H18N2O3/c1-12(2)9(13)5-6-11-10(14)8-4-3-7-15-8/h8H,3-7H2,1-2H3,(H,11,14)/t8-/m1/s1. The molecule has 1 aliphatic heterocycles. The van der Waals surface area contributed by atoms with E-state index in [1.165, 1.54) is 4.90 Å². The van der Waals surface area contributed by atoms with Crippen molar-refractivity contribution in [2.24, 2.45) is 0 Å². The molecule has 0 aliphatic carbocycles. The van der Waals surface area contributed by atoms with Gasteiger partial charge in [-0.1, -0.05) is 0 Å². The zero-order valence-electron chi connectivity index (χ0n) is 9.28. The second kappa shape index (κ2) is 5.70. The Labute approximate surface area is 89.8 Å². The Bertz CT molecular complexity index is 235. The summed E-state index contributed by atoms with van der Waals surface area (Å²) in [4.78, 5) is 24.1. The summed E-state index contributed by atoms with van der Waals surface area (Å²) < 4.78 is 5.21. The van der Waals surface area contributed by atoms with Gasteiger partial charge in [0, 0.05) is 33.7 Å². The third-order valence-electron chi connectivity index (χ3n) is 2.36. The third-order valence-corrected chi connectivity index (χ3v) is 2.36. The predicted octanol–water partition coefficient (Wildman–Crippen LogP) is -0.240. The fourth-order valence-corrected chi connectivity index (χ4v) is 1.41. The second-order valence-corrected chi connectivity index (χ2v) is 3.83. The van der Waals surface area contributed by atoms with Crippen LogP contribution in [0.5, 0.6) is 0 Å². The maximum absolute atomic E-state index is 11.4. The number of nitrogens with zero attached hydrogens (tertiary/aromatic N) is 1. The van der Waals surface area contributed by atoms with Crippen molar-refractivity contribution in [2.45, 2.75) is 25.4 Å². The van der Waals surface area contributed by atoms with Gasteiger partial charge in [-0.2, -0.15) is 0 Å². The Balaban J connectivity index is 2.14. The topological polar surface area (TPSA) is 58.6 Å². The molecule has 1 rings (SSSR count). The molecule has 0 radical (unpaired) electrons. The summed E-state index contributed by atoms with van der Waals surface area (Å²) in [6, 6.07) is 0. The molecule has 1 saturated heterocycles. The summed E-state index contributed by atoms with van der Waals surface area (Å²) in [5.74, 6) is -0.0818. The van der Waals surface area contributed by atoms with Crippen LogP contribution in [0, 0.1) is 0 Å². The lowest BCUT2D eigenvalue weighted by atomic mass is 10.2. The zero-order valence-corrected chi connectivity index (χ0v) is 9.28. The fourth-order valence-electron chi connectivity index (χ4n) is 1.41. The van der Waals surface area contributed by atoms with Gasteiger partial charge in [0.25, 0.3) is 0 Å². The van der Waals surface area contributed by atoms with Gasteiger partial charge in [-0.25, -0.2) is 0 Å². The fraction of sp³-hybridized carbons (Fsp3) is 0.800. The largest absolute Gasteiger partial charge is 0.368 e. The van der Waals surface area contributed by atoms with Crippen molar-refractivity contribution in [3.05, 3.63) is 0 Å². The van der Waals surface area contributed by atoms with E-state index in [1.54, 1.807) is 14.1 Å². The quantitative estimate of drug-likeness (QED) is 0.702. The first kappa shape index (κ1) is 12.0. The van der Waals surface area contributed by atoms with Gasteiger partial charge in [0.05, 0.1) is 0 Å². The smallest absolute Gasteiger partial charge is 0.249 e. The van der Waals surface area contributed by atoms with Gasteiger partial charge in [-0.3, -0.25) is 9.59 Å². The highest BCUT2D eigenvalue weighted by Crippen LogP contribution is 2.11. The van der Waals surface area contributed by atoms with Crippen LogP contribution in [0.4, 0.5) is 0 Å². The van der Waals surface area contributed by atoms with Gasteiger partial charge in [0.1, 0.15) is 6.10 Å². The number of rotatable bonds is 4. The summed E-state index contributed by atoms with van der Waals surface area (Å²) >= 11 is 0. The average molecular weight is 214 g/mol. The summed E-state index contributed by atoms with van der Waals surface area (Å²) in [5, 5.41) is 2.70. The highest BCUT2D eigenvalue weighted by Gasteiger charge is 2.23. The Hall–Kier alpha value is -1.10. The molecule has 1 atom stereocenters. The number of carbonyl (C=O) groups excluding carboxylic acids is 2. The number of hydrogen-bond donors (Lipinski definition) is 1. The van der Waals surface area contributed by atoms with E-state index in [0.29, 0.717) is 19.6 Å². The predicted molar refractivity (Wildman–Crippen MR) is 55.3 cm³/mol. The number of hydrogen-bond acceptors (Lipinski definition) is 3. The van der Waals surface area contributed by atoms with E-state index >= 15 is 0 Å². The van der Waals surface area contributed by atoms with Gasteiger partial charge in [0.15, 0.2) is 0 Å². The normalized spacial score (nSPS) is 20.0. The van der Waals surface area contributed by atoms with Gasteiger partial charge < -0.3 is 15.0 Å². The average Bonchev–Trinajstić information content (AvgIpc) is 2.70. The van der Waals surface area contributed by atoms with Crippen LogP contribution >= 0.6 is 0 Å². The van der Waals surface area contributed by atoms with Crippen LogP contribution < -0.4 is 5.32 Å². The van der Waals surface area contributed by atoms with E-state index in [1.807, 2.05) is 0 Å². The molecule has 0 aromatic rings. The van der Waals surface area contributed by atoms with Crippen molar-refractivity contribution >= 4 is 11.8 Å². The molecule has 1 N–H and O–H groups in total. The van der Waals surface area contributed by atoms with E-state index in [-0.39, 0.29) is 17.9 Å². The molecule has 2 amide bonds. The SMILES string of the molecule is CN(C)C(=O)CCNC(=O)[C@H]1CCCO1. The molecule has 1 fully saturated rings. The minimum Gasteiger partial charge on any atom is -0.368 e. The third kappa shape index (κ3) is 3.87. The summed E-state index contributed by atoms with van der Waals surface area (Å²) in [6.45, 7) is 1.05.